The Morgan fingerprint density at radius 2 is 1.91 bits per heavy atom. The molecule has 172 valence electrons. The first kappa shape index (κ1) is 22.3. The summed E-state index contributed by atoms with van der Waals surface area (Å²) in [5.74, 6) is -0.903. The SMILES string of the molecule is O=C(Nc1ccc(N2CCOCC2)cc1C(F)(F)F)c1ccc(-n2ccnc2)c([N+](=O)[O-])c1. The largest absolute Gasteiger partial charge is 0.418 e. The Kier molecular flexibility index (Phi) is 6.01. The Balaban J connectivity index is 1.64. The fourth-order valence-electron chi connectivity index (χ4n) is 3.52. The Morgan fingerprint density at radius 1 is 1.15 bits per heavy atom. The zero-order valence-corrected chi connectivity index (χ0v) is 17.1. The molecule has 1 saturated heterocycles. The van der Waals surface area contributed by atoms with E-state index in [0.29, 0.717) is 32.0 Å². The molecule has 1 aliphatic heterocycles. The van der Waals surface area contributed by atoms with E-state index in [2.05, 4.69) is 10.3 Å². The van der Waals surface area contributed by atoms with Crippen molar-refractivity contribution >= 4 is 23.0 Å². The van der Waals surface area contributed by atoms with Gasteiger partial charge < -0.3 is 19.5 Å². The number of amides is 1. The average Bonchev–Trinajstić information content (AvgIpc) is 3.33. The summed E-state index contributed by atoms with van der Waals surface area (Å²) in [6, 6.07) is 7.29. The second kappa shape index (κ2) is 8.90. The van der Waals surface area contributed by atoms with Crippen LogP contribution >= 0.6 is 0 Å². The summed E-state index contributed by atoms with van der Waals surface area (Å²) in [4.78, 5) is 29.1. The molecule has 33 heavy (non-hydrogen) atoms. The van der Waals surface area contributed by atoms with Gasteiger partial charge in [-0.3, -0.25) is 14.9 Å². The zero-order valence-electron chi connectivity index (χ0n) is 17.1. The standard InChI is InChI=1S/C21H18F3N5O4/c22-21(23,24)16-12-15(27-7-9-33-10-8-27)2-3-17(16)26-20(30)14-1-4-18(19(11-14)29(31)32)28-6-5-25-13-28/h1-6,11-13H,7-10H2,(H,26,30). The van der Waals surface area contributed by atoms with Crippen LogP contribution in [0.4, 0.5) is 30.2 Å². The molecule has 0 spiro atoms. The van der Waals surface area contributed by atoms with Crippen molar-refractivity contribution in [2.24, 2.45) is 0 Å². The maximum Gasteiger partial charge on any atom is 0.418 e. The minimum Gasteiger partial charge on any atom is -0.378 e. The van der Waals surface area contributed by atoms with E-state index in [4.69, 9.17) is 4.74 Å². The van der Waals surface area contributed by atoms with E-state index >= 15 is 0 Å². The summed E-state index contributed by atoms with van der Waals surface area (Å²) in [6.45, 7) is 1.73. The normalized spacial score (nSPS) is 14.2. The van der Waals surface area contributed by atoms with Crippen LogP contribution in [0.3, 0.4) is 0 Å². The van der Waals surface area contributed by atoms with Crippen molar-refractivity contribution in [3.8, 4) is 5.69 Å². The van der Waals surface area contributed by atoms with Gasteiger partial charge in [-0.1, -0.05) is 0 Å². The van der Waals surface area contributed by atoms with E-state index in [9.17, 15) is 28.1 Å². The third kappa shape index (κ3) is 4.80. The van der Waals surface area contributed by atoms with E-state index in [1.807, 2.05) is 0 Å². The number of anilines is 2. The van der Waals surface area contributed by atoms with E-state index in [-0.39, 0.29) is 16.9 Å². The van der Waals surface area contributed by atoms with Crippen LogP contribution in [0.25, 0.3) is 5.69 Å². The summed E-state index contributed by atoms with van der Waals surface area (Å²) in [6.07, 6.45) is -0.437. The van der Waals surface area contributed by atoms with Crippen molar-refractivity contribution in [1.82, 2.24) is 9.55 Å². The molecule has 2 aromatic carbocycles. The van der Waals surface area contributed by atoms with Gasteiger partial charge in [0, 0.05) is 42.8 Å². The number of carbonyl (C=O) groups is 1. The highest BCUT2D eigenvalue weighted by atomic mass is 19.4. The molecule has 4 rings (SSSR count). The molecule has 1 aliphatic rings. The second-order valence-electron chi connectivity index (χ2n) is 7.21. The number of nitro benzene ring substituents is 1. The molecule has 0 unspecified atom stereocenters. The Labute approximate surface area is 185 Å². The lowest BCUT2D eigenvalue weighted by Crippen LogP contribution is -2.36. The molecule has 0 atom stereocenters. The highest BCUT2D eigenvalue weighted by Gasteiger charge is 2.35. The minimum absolute atomic E-state index is 0.157. The number of nitrogens with one attached hydrogen (secondary N) is 1. The number of rotatable bonds is 5. The highest BCUT2D eigenvalue weighted by molar-refractivity contribution is 6.05. The number of morpholine rings is 1. The van der Waals surface area contributed by atoms with Gasteiger partial charge in [0.2, 0.25) is 0 Å². The fourth-order valence-corrected chi connectivity index (χ4v) is 3.52. The molecule has 0 bridgehead atoms. The Hall–Kier alpha value is -3.93. The molecule has 9 nitrogen and oxygen atoms in total. The van der Waals surface area contributed by atoms with Crippen LogP contribution < -0.4 is 10.2 Å². The Morgan fingerprint density at radius 3 is 2.55 bits per heavy atom. The van der Waals surface area contributed by atoms with Crippen molar-refractivity contribution in [3.05, 3.63) is 76.4 Å². The van der Waals surface area contributed by atoms with Gasteiger partial charge in [0.05, 0.1) is 35.7 Å². The second-order valence-corrected chi connectivity index (χ2v) is 7.21. The lowest BCUT2D eigenvalue weighted by molar-refractivity contribution is -0.384. The summed E-state index contributed by atoms with van der Waals surface area (Å²) in [5.41, 5.74) is -1.46. The number of alkyl halides is 3. The molecule has 0 saturated carbocycles. The first-order chi connectivity index (χ1) is 15.7. The molecular formula is C21H18F3N5O4. The van der Waals surface area contributed by atoms with E-state index in [1.165, 1.54) is 47.6 Å². The molecule has 3 aromatic rings. The van der Waals surface area contributed by atoms with Crippen LogP contribution in [0.2, 0.25) is 0 Å². The molecular weight excluding hydrogens is 443 g/mol. The molecule has 12 heteroatoms. The number of nitrogens with zero attached hydrogens (tertiary/aromatic N) is 4. The number of hydrogen-bond donors (Lipinski definition) is 1. The maximum absolute atomic E-state index is 13.7. The monoisotopic (exact) mass is 461 g/mol. The van der Waals surface area contributed by atoms with Crippen LogP contribution in [-0.2, 0) is 10.9 Å². The first-order valence-corrected chi connectivity index (χ1v) is 9.86. The molecule has 2 heterocycles. The van der Waals surface area contributed by atoms with Gasteiger partial charge >= 0.3 is 6.18 Å². The van der Waals surface area contributed by atoms with Crippen molar-refractivity contribution in [2.45, 2.75) is 6.18 Å². The predicted molar refractivity (Wildman–Crippen MR) is 113 cm³/mol. The van der Waals surface area contributed by atoms with Crippen molar-refractivity contribution in [3.63, 3.8) is 0 Å². The average molecular weight is 461 g/mol. The topological polar surface area (TPSA) is 103 Å². The molecule has 1 N–H and O–H groups in total. The van der Waals surface area contributed by atoms with Crippen molar-refractivity contribution in [2.75, 3.05) is 36.5 Å². The summed E-state index contributed by atoms with van der Waals surface area (Å²) < 4.78 is 47.8. The Bertz CT molecular complexity index is 1180. The smallest absolute Gasteiger partial charge is 0.378 e. The number of carbonyl (C=O) groups excluding carboxylic acids is 1. The number of hydrogen-bond acceptors (Lipinski definition) is 6. The van der Waals surface area contributed by atoms with Crippen LogP contribution in [-0.4, -0.2) is 46.7 Å². The lowest BCUT2D eigenvalue weighted by Gasteiger charge is -2.29. The van der Waals surface area contributed by atoms with Gasteiger partial charge in [-0.2, -0.15) is 13.2 Å². The van der Waals surface area contributed by atoms with E-state index < -0.39 is 28.3 Å². The predicted octanol–water partition coefficient (Wildman–Crippen LogP) is 3.89. The van der Waals surface area contributed by atoms with Gasteiger partial charge in [-0.05, 0) is 30.3 Å². The van der Waals surface area contributed by atoms with Crippen molar-refractivity contribution < 1.29 is 27.6 Å². The van der Waals surface area contributed by atoms with Crippen molar-refractivity contribution in [1.29, 1.82) is 0 Å². The number of imidazole rings is 1. The molecule has 1 amide bonds. The van der Waals surface area contributed by atoms with Gasteiger partial charge in [0.15, 0.2) is 0 Å². The summed E-state index contributed by atoms with van der Waals surface area (Å²) in [7, 11) is 0. The quantitative estimate of drug-likeness (QED) is 0.457. The third-order valence-corrected chi connectivity index (χ3v) is 5.15. The molecule has 1 fully saturated rings. The maximum atomic E-state index is 13.7. The molecule has 1 aromatic heterocycles. The first-order valence-electron chi connectivity index (χ1n) is 9.86. The highest BCUT2D eigenvalue weighted by Crippen LogP contribution is 2.38. The molecule has 0 aliphatic carbocycles. The van der Waals surface area contributed by atoms with Gasteiger partial charge in [0.25, 0.3) is 11.6 Å². The number of aromatic nitrogens is 2. The minimum atomic E-state index is -4.72. The van der Waals surface area contributed by atoms with Gasteiger partial charge in [-0.15, -0.1) is 0 Å². The third-order valence-electron chi connectivity index (χ3n) is 5.15. The summed E-state index contributed by atoms with van der Waals surface area (Å²) >= 11 is 0. The van der Waals surface area contributed by atoms with Gasteiger partial charge in [0.1, 0.15) is 5.69 Å². The van der Waals surface area contributed by atoms with E-state index in [0.717, 1.165) is 12.1 Å². The zero-order chi connectivity index (χ0) is 23.6. The van der Waals surface area contributed by atoms with E-state index in [1.54, 1.807) is 4.90 Å². The lowest BCUT2D eigenvalue weighted by atomic mass is 10.1. The number of nitro groups is 1. The van der Waals surface area contributed by atoms with Crippen LogP contribution in [0.15, 0.2) is 55.1 Å². The summed E-state index contributed by atoms with van der Waals surface area (Å²) in [5, 5.41) is 13.7. The van der Waals surface area contributed by atoms with Gasteiger partial charge in [-0.25, -0.2) is 4.98 Å². The van der Waals surface area contributed by atoms with Crippen LogP contribution in [0, 0.1) is 10.1 Å². The van der Waals surface area contributed by atoms with Crippen LogP contribution in [0.1, 0.15) is 15.9 Å². The number of halogens is 3. The van der Waals surface area contributed by atoms with Crippen LogP contribution in [0.5, 0.6) is 0 Å². The number of benzene rings is 2. The molecule has 0 radical (unpaired) electrons. The number of ether oxygens (including phenoxy) is 1. The fraction of sp³-hybridized carbons (Fsp3) is 0.238.